The number of carbonyl (C=O) groups is 3. The zero-order chi connectivity index (χ0) is 30.6. The SMILES string of the molecule is O=C(OC[C@H]1O[C@@H](n2c3cnnc-3c(Cl)nc2Cl)[C@H](OC(=O)c2ccccc2)[C@@H]1OC(=O)c1ccccc1)c1ccccc1. The second kappa shape index (κ2) is 12.8. The van der Waals surface area contributed by atoms with E-state index in [1.807, 2.05) is 0 Å². The molecule has 0 radical (unpaired) electrons. The Labute approximate surface area is 260 Å². The Morgan fingerprint density at radius 3 is 1.84 bits per heavy atom. The number of carbonyl (C=O) groups excluding carboxylic acids is 3. The summed E-state index contributed by atoms with van der Waals surface area (Å²) in [6.45, 7) is -0.365. The van der Waals surface area contributed by atoms with Gasteiger partial charge in [0.2, 0.25) is 5.28 Å². The summed E-state index contributed by atoms with van der Waals surface area (Å²) < 4.78 is 25.2. The van der Waals surface area contributed by atoms with Crippen LogP contribution in [0.15, 0.2) is 97.2 Å². The van der Waals surface area contributed by atoms with Crippen LogP contribution >= 0.6 is 23.2 Å². The highest BCUT2D eigenvalue weighted by Crippen LogP contribution is 2.41. The molecule has 0 unspecified atom stereocenters. The molecule has 1 fully saturated rings. The van der Waals surface area contributed by atoms with Crippen LogP contribution in [0.25, 0.3) is 11.4 Å². The van der Waals surface area contributed by atoms with Crippen molar-refractivity contribution in [1.29, 1.82) is 0 Å². The van der Waals surface area contributed by atoms with Gasteiger partial charge in [-0.25, -0.2) is 19.4 Å². The van der Waals surface area contributed by atoms with Crippen molar-refractivity contribution in [3.8, 4) is 11.4 Å². The summed E-state index contributed by atoms with van der Waals surface area (Å²) in [7, 11) is 0. The van der Waals surface area contributed by atoms with E-state index >= 15 is 0 Å². The molecule has 0 bridgehead atoms. The molecule has 0 spiro atoms. The van der Waals surface area contributed by atoms with Crippen molar-refractivity contribution in [1.82, 2.24) is 19.7 Å². The number of benzene rings is 3. The third kappa shape index (κ3) is 5.98. The fourth-order valence-electron chi connectivity index (χ4n) is 4.77. The van der Waals surface area contributed by atoms with Gasteiger partial charge >= 0.3 is 17.9 Å². The quantitative estimate of drug-likeness (QED) is 0.0961. The average Bonchev–Trinajstić information content (AvgIpc) is 3.67. The van der Waals surface area contributed by atoms with Gasteiger partial charge in [-0.15, -0.1) is 5.10 Å². The predicted octanol–water partition coefficient (Wildman–Crippen LogP) is 5.29. The van der Waals surface area contributed by atoms with Gasteiger partial charge in [0, 0.05) is 0 Å². The number of aromatic nitrogens is 4. The lowest BCUT2D eigenvalue weighted by Gasteiger charge is -2.27. The van der Waals surface area contributed by atoms with E-state index in [2.05, 4.69) is 15.2 Å². The highest BCUT2D eigenvalue weighted by molar-refractivity contribution is 6.33. The van der Waals surface area contributed by atoms with Crippen molar-refractivity contribution in [2.45, 2.75) is 24.5 Å². The molecule has 13 heteroatoms. The lowest BCUT2D eigenvalue weighted by molar-refractivity contribution is -0.0618. The van der Waals surface area contributed by atoms with E-state index in [0.717, 1.165) is 0 Å². The van der Waals surface area contributed by atoms with E-state index in [1.54, 1.807) is 91.0 Å². The third-order valence-electron chi connectivity index (χ3n) is 6.86. The maximum Gasteiger partial charge on any atom is 0.338 e. The normalized spacial score (nSPS) is 19.4. The minimum Gasteiger partial charge on any atom is -0.459 e. The lowest BCUT2D eigenvalue weighted by atomic mass is 10.1. The van der Waals surface area contributed by atoms with Gasteiger partial charge in [-0.05, 0) is 48.0 Å². The van der Waals surface area contributed by atoms with Gasteiger partial charge in [-0.1, -0.05) is 66.2 Å². The van der Waals surface area contributed by atoms with Crippen LogP contribution in [0.4, 0.5) is 0 Å². The topological polar surface area (TPSA) is 132 Å². The Bertz CT molecular complexity index is 1760. The van der Waals surface area contributed by atoms with Crippen LogP contribution in [0, 0.1) is 0 Å². The molecule has 3 aromatic carbocycles. The molecule has 4 atom stereocenters. The number of hydrogen-bond acceptors (Lipinski definition) is 10. The van der Waals surface area contributed by atoms with E-state index in [0.29, 0.717) is 11.3 Å². The van der Waals surface area contributed by atoms with E-state index in [9.17, 15) is 14.4 Å². The summed E-state index contributed by atoms with van der Waals surface area (Å²) in [6, 6.07) is 24.9. The van der Waals surface area contributed by atoms with Crippen LogP contribution in [0.3, 0.4) is 0 Å². The Hall–Kier alpha value is -4.84. The number of nitrogens with zero attached hydrogens (tertiary/aromatic N) is 4. The van der Waals surface area contributed by atoms with Crippen molar-refractivity contribution in [2.24, 2.45) is 0 Å². The summed E-state index contributed by atoms with van der Waals surface area (Å²) in [5, 5.41) is 7.77. The predicted molar refractivity (Wildman–Crippen MR) is 156 cm³/mol. The molecular formula is C31H22Cl2N4O7. The highest BCUT2D eigenvalue weighted by Gasteiger charge is 2.52. The van der Waals surface area contributed by atoms with Crippen molar-refractivity contribution >= 4 is 41.1 Å². The van der Waals surface area contributed by atoms with Gasteiger partial charge in [0.25, 0.3) is 0 Å². The number of hydrogen-bond donors (Lipinski definition) is 0. The first-order valence-electron chi connectivity index (χ1n) is 13.3. The van der Waals surface area contributed by atoms with Gasteiger partial charge in [-0.3, -0.25) is 4.57 Å². The molecule has 0 aromatic heterocycles. The van der Waals surface area contributed by atoms with Crippen molar-refractivity contribution in [2.75, 3.05) is 6.61 Å². The smallest absolute Gasteiger partial charge is 0.338 e. The second-order valence-electron chi connectivity index (χ2n) is 9.62. The minimum absolute atomic E-state index is 0.00465. The van der Waals surface area contributed by atoms with Crippen LogP contribution in [0.2, 0.25) is 10.4 Å². The second-order valence-corrected chi connectivity index (χ2v) is 10.3. The standard InChI is InChI=1S/C31H22Cl2N4O7/c32-26-23-21(16-34-36-23)37(31(33)35-26)27-25(44-30(40)20-14-8-3-9-15-20)24(43-29(39)19-12-6-2-7-13-19)22(42-27)17-41-28(38)18-10-4-1-5-11-18/h1-16,22,24-25,27H,17H2/t22-,24-,25-,27-/m1/s1. The molecule has 6 rings (SSSR count). The molecule has 0 aliphatic carbocycles. The molecule has 0 N–H and O–H groups in total. The lowest BCUT2D eigenvalue weighted by Crippen LogP contribution is -2.41. The Morgan fingerprint density at radius 1 is 0.750 bits per heavy atom. The molecule has 44 heavy (non-hydrogen) atoms. The number of rotatable bonds is 8. The van der Waals surface area contributed by atoms with Crippen molar-refractivity contribution < 1.29 is 33.3 Å². The molecular weight excluding hydrogens is 611 g/mol. The van der Waals surface area contributed by atoms with Crippen LogP contribution in [0.5, 0.6) is 0 Å². The molecule has 0 amide bonds. The third-order valence-corrected chi connectivity index (χ3v) is 7.39. The zero-order valence-electron chi connectivity index (χ0n) is 22.7. The van der Waals surface area contributed by atoms with Crippen molar-refractivity contribution in [3.63, 3.8) is 0 Å². The molecule has 3 aliphatic heterocycles. The first-order valence-corrected chi connectivity index (χ1v) is 14.1. The van der Waals surface area contributed by atoms with Gasteiger partial charge in [0.1, 0.15) is 18.4 Å². The van der Waals surface area contributed by atoms with E-state index in [1.165, 1.54) is 10.8 Å². The summed E-state index contributed by atoms with van der Waals surface area (Å²) in [4.78, 5) is 43.7. The minimum atomic E-state index is -1.31. The summed E-state index contributed by atoms with van der Waals surface area (Å²) >= 11 is 12.8. The van der Waals surface area contributed by atoms with Crippen LogP contribution < -0.4 is 0 Å². The first kappa shape index (κ1) is 29.2. The van der Waals surface area contributed by atoms with Gasteiger partial charge in [-0.2, -0.15) is 5.10 Å². The molecule has 11 nitrogen and oxygen atoms in total. The Kier molecular flexibility index (Phi) is 8.51. The van der Waals surface area contributed by atoms with Gasteiger partial charge in [0.05, 0.1) is 28.6 Å². The van der Waals surface area contributed by atoms with E-state index in [4.69, 9.17) is 42.1 Å². The monoisotopic (exact) mass is 632 g/mol. The zero-order valence-corrected chi connectivity index (χ0v) is 24.2. The van der Waals surface area contributed by atoms with E-state index < -0.39 is 42.4 Å². The van der Waals surface area contributed by atoms with E-state index in [-0.39, 0.29) is 33.9 Å². The van der Waals surface area contributed by atoms with Crippen LogP contribution in [-0.2, 0) is 18.9 Å². The molecule has 3 aromatic rings. The van der Waals surface area contributed by atoms with Gasteiger partial charge < -0.3 is 18.9 Å². The van der Waals surface area contributed by atoms with Gasteiger partial charge in [0.15, 0.2) is 23.6 Å². The number of esters is 3. The maximum atomic E-state index is 13.4. The number of ether oxygens (including phenoxy) is 4. The summed E-state index contributed by atoms with van der Waals surface area (Å²) in [5.41, 5.74) is 1.32. The molecule has 3 heterocycles. The molecule has 3 aliphatic rings. The Balaban J connectivity index is 1.39. The number of halogens is 2. The number of fused-ring (bicyclic) bond motifs is 1. The summed E-state index contributed by atoms with van der Waals surface area (Å²) in [5.74, 6) is -2.07. The maximum absolute atomic E-state index is 13.4. The average molecular weight is 633 g/mol. The Morgan fingerprint density at radius 2 is 1.27 bits per heavy atom. The fraction of sp³-hybridized carbons (Fsp3) is 0.161. The van der Waals surface area contributed by atoms with Crippen LogP contribution in [0.1, 0.15) is 37.3 Å². The molecule has 222 valence electrons. The largest absolute Gasteiger partial charge is 0.459 e. The van der Waals surface area contributed by atoms with Crippen molar-refractivity contribution in [3.05, 3.63) is 124 Å². The van der Waals surface area contributed by atoms with Crippen LogP contribution in [-0.4, -0.2) is 62.6 Å². The molecule has 1 saturated heterocycles. The fourth-order valence-corrected chi connectivity index (χ4v) is 5.30. The molecule has 0 saturated carbocycles. The first-order chi connectivity index (χ1) is 21.4. The highest BCUT2D eigenvalue weighted by atomic mass is 35.5. The summed E-state index contributed by atoms with van der Waals surface area (Å²) in [6.07, 6.45) is -3.53.